The zero-order chi connectivity index (χ0) is 13.7. The first-order valence-electron chi connectivity index (χ1n) is 5.95. The van der Waals surface area contributed by atoms with Crippen molar-refractivity contribution >= 4 is 14.5 Å². The van der Waals surface area contributed by atoms with Crippen LogP contribution in [0.25, 0.3) is 0 Å². The largest absolute Gasteiger partial charge is 0.207 e. The summed E-state index contributed by atoms with van der Waals surface area (Å²) in [4.78, 5) is 0. The molecule has 2 heteroatoms. The van der Waals surface area contributed by atoms with E-state index >= 15 is 0 Å². The SMILES string of the molecule is Cc1cc(F)c(C)c(P)c1.Cc1ccc(C)cc1. The second-order valence-corrected chi connectivity index (χ2v) is 5.24. The van der Waals surface area contributed by atoms with Crippen molar-refractivity contribution in [3.05, 3.63) is 64.5 Å². The van der Waals surface area contributed by atoms with Crippen LogP contribution in [0.5, 0.6) is 0 Å². The first-order chi connectivity index (χ1) is 8.40. The molecule has 0 radical (unpaired) electrons. The number of benzene rings is 2. The Morgan fingerprint density at radius 3 is 1.61 bits per heavy atom. The van der Waals surface area contributed by atoms with Gasteiger partial charge in [-0.2, -0.15) is 0 Å². The molecule has 0 aliphatic rings. The smallest absolute Gasteiger partial charge is 0.126 e. The van der Waals surface area contributed by atoms with E-state index in [0.29, 0.717) is 0 Å². The van der Waals surface area contributed by atoms with Crippen molar-refractivity contribution in [1.29, 1.82) is 0 Å². The Hall–Kier alpha value is -1.20. The maximum absolute atomic E-state index is 12.8. The molecule has 0 nitrogen and oxygen atoms in total. The predicted molar refractivity (Wildman–Crippen MR) is 81.1 cm³/mol. The average Bonchev–Trinajstić information content (AvgIpc) is 2.31. The highest BCUT2D eigenvalue weighted by atomic mass is 31.0. The minimum absolute atomic E-state index is 0.120. The monoisotopic (exact) mass is 262 g/mol. The van der Waals surface area contributed by atoms with E-state index < -0.39 is 0 Å². The molecule has 0 aromatic heterocycles. The Bertz CT molecular complexity index is 471. The quantitative estimate of drug-likeness (QED) is 0.623. The van der Waals surface area contributed by atoms with E-state index in [1.807, 2.05) is 13.0 Å². The van der Waals surface area contributed by atoms with Crippen LogP contribution >= 0.6 is 9.24 Å². The van der Waals surface area contributed by atoms with Crippen LogP contribution in [0, 0.1) is 33.5 Å². The summed E-state index contributed by atoms with van der Waals surface area (Å²) in [6.07, 6.45) is 0. The van der Waals surface area contributed by atoms with Gasteiger partial charge in [0.25, 0.3) is 0 Å². The van der Waals surface area contributed by atoms with Crippen LogP contribution in [0.15, 0.2) is 36.4 Å². The summed E-state index contributed by atoms with van der Waals surface area (Å²) in [5.41, 5.74) is 4.34. The molecule has 2 rings (SSSR count). The van der Waals surface area contributed by atoms with Crippen molar-refractivity contribution in [3.63, 3.8) is 0 Å². The number of hydrogen-bond acceptors (Lipinski definition) is 0. The minimum Gasteiger partial charge on any atom is -0.207 e. The van der Waals surface area contributed by atoms with Crippen LogP contribution < -0.4 is 5.30 Å². The lowest BCUT2D eigenvalue weighted by Gasteiger charge is -2.01. The molecule has 0 amide bonds. The molecule has 0 heterocycles. The van der Waals surface area contributed by atoms with Gasteiger partial charge in [-0.25, -0.2) is 4.39 Å². The van der Waals surface area contributed by atoms with Crippen molar-refractivity contribution in [1.82, 2.24) is 0 Å². The second-order valence-electron chi connectivity index (χ2n) is 4.62. The number of halogens is 1. The summed E-state index contributed by atoms with van der Waals surface area (Å²) in [6.45, 7) is 7.85. The first-order valence-corrected chi connectivity index (χ1v) is 6.53. The number of hydrogen-bond donors (Lipinski definition) is 0. The maximum Gasteiger partial charge on any atom is 0.126 e. The van der Waals surface area contributed by atoms with Gasteiger partial charge in [-0.3, -0.25) is 0 Å². The Kier molecular flexibility index (Phi) is 5.50. The van der Waals surface area contributed by atoms with E-state index in [1.165, 1.54) is 11.1 Å². The van der Waals surface area contributed by atoms with E-state index in [-0.39, 0.29) is 5.82 Å². The predicted octanol–water partition coefficient (Wildman–Crippen LogP) is 4.25. The maximum atomic E-state index is 12.8. The molecule has 0 spiro atoms. The van der Waals surface area contributed by atoms with Crippen LogP contribution in [0.4, 0.5) is 4.39 Å². The van der Waals surface area contributed by atoms with E-state index in [9.17, 15) is 4.39 Å². The van der Waals surface area contributed by atoms with Gasteiger partial charge in [0.15, 0.2) is 0 Å². The van der Waals surface area contributed by atoms with Crippen molar-refractivity contribution in [2.45, 2.75) is 27.7 Å². The molecule has 1 unspecified atom stereocenters. The Morgan fingerprint density at radius 1 is 0.778 bits per heavy atom. The van der Waals surface area contributed by atoms with E-state index in [1.54, 1.807) is 13.0 Å². The van der Waals surface area contributed by atoms with Gasteiger partial charge in [0.05, 0.1) is 0 Å². The van der Waals surface area contributed by atoms with Gasteiger partial charge in [0.2, 0.25) is 0 Å². The zero-order valence-electron chi connectivity index (χ0n) is 11.4. The van der Waals surface area contributed by atoms with Gasteiger partial charge in [-0.05, 0) is 50.2 Å². The van der Waals surface area contributed by atoms with E-state index in [4.69, 9.17) is 0 Å². The lowest BCUT2D eigenvalue weighted by molar-refractivity contribution is 0.619. The Balaban J connectivity index is 0.000000184. The van der Waals surface area contributed by atoms with Crippen molar-refractivity contribution in [2.24, 2.45) is 0 Å². The second kappa shape index (κ2) is 6.66. The molecule has 0 saturated carbocycles. The van der Waals surface area contributed by atoms with Gasteiger partial charge in [0, 0.05) is 0 Å². The molecular formula is C16H20FP. The molecule has 2 aromatic carbocycles. The zero-order valence-corrected chi connectivity index (χ0v) is 12.6. The van der Waals surface area contributed by atoms with E-state index in [0.717, 1.165) is 16.4 Å². The molecular weight excluding hydrogens is 242 g/mol. The minimum atomic E-state index is -0.120. The topological polar surface area (TPSA) is 0 Å². The van der Waals surface area contributed by atoms with Crippen molar-refractivity contribution < 1.29 is 4.39 Å². The van der Waals surface area contributed by atoms with Gasteiger partial charge >= 0.3 is 0 Å². The third kappa shape index (κ3) is 4.58. The Morgan fingerprint density at radius 2 is 1.22 bits per heavy atom. The summed E-state index contributed by atoms with van der Waals surface area (Å²) >= 11 is 0. The van der Waals surface area contributed by atoms with Gasteiger partial charge < -0.3 is 0 Å². The molecule has 0 fully saturated rings. The summed E-state index contributed by atoms with van der Waals surface area (Å²) in [7, 11) is 2.52. The average molecular weight is 262 g/mol. The lowest BCUT2D eigenvalue weighted by Crippen LogP contribution is -2.00. The molecule has 0 aliphatic carbocycles. The fraction of sp³-hybridized carbons (Fsp3) is 0.250. The highest BCUT2D eigenvalue weighted by molar-refractivity contribution is 7.27. The van der Waals surface area contributed by atoms with Crippen molar-refractivity contribution in [2.75, 3.05) is 0 Å². The summed E-state index contributed by atoms with van der Waals surface area (Å²) in [5.74, 6) is -0.120. The normalized spacial score (nSPS) is 9.67. The molecule has 2 aromatic rings. The Labute approximate surface area is 111 Å². The molecule has 0 bridgehead atoms. The van der Waals surface area contributed by atoms with E-state index in [2.05, 4.69) is 47.4 Å². The van der Waals surface area contributed by atoms with Crippen LogP contribution in [0.2, 0.25) is 0 Å². The fourth-order valence-corrected chi connectivity index (χ4v) is 1.88. The van der Waals surface area contributed by atoms with Gasteiger partial charge in [0.1, 0.15) is 5.82 Å². The van der Waals surface area contributed by atoms with Crippen LogP contribution in [0.1, 0.15) is 22.3 Å². The van der Waals surface area contributed by atoms with Crippen molar-refractivity contribution in [3.8, 4) is 0 Å². The molecule has 0 aliphatic heterocycles. The number of aryl methyl sites for hydroxylation is 3. The molecule has 18 heavy (non-hydrogen) atoms. The third-order valence-electron chi connectivity index (χ3n) is 2.75. The molecule has 1 atom stereocenters. The standard InChI is InChI=1S/C8H10FP.C8H10/c1-5-3-7(9)6(2)8(10)4-5;1-7-3-5-8(2)6-4-7/h3-4H,10H2,1-2H3;3-6H,1-2H3. The highest BCUT2D eigenvalue weighted by Crippen LogP contribution is 2.08. The summed E-state index contributed by atoms with van der Waals surface area (Å²) < 4.78 is 12.8. The van der Waals surface area contributed by atoms with Gasteiger partial charge in [-0.1, -0.05) is 41.5 Å². The fourth-order valence-electron chi connectivity index (χ4n) is 1.48. The lowest BCUT2D eigenvalue weighted by atomic mass is 10.1. The number of rotatable bonds is 0. The first kappa shape index (κ1) is 14.9. The summed E-state index contributed by atoms with van der Waals surface area (Å²) in [6, 6.07) is 12.0. The van der Waals surface area contributed by atoms with Crippen LogP contribution in [-0.2, 0) is 0 Å². The van der Waals surface area contributed by atoms with Crippen LogP contribution in [0.3, 0.4) is 0 Å². The highest BCUT2D eigenvalue weighted by Gasteiger charge is 1.99. The molecule has 96 valence electrons. The van der Waals surface area contributed by atoms with Gasteiger partial charge in [-0.15, -0.1) is 9.24 Å². The molecule has 0 saturated heterocycles. The summed E-state index contributed by atoms with van der Waals surface area (Å²) in [5, 5.41) is 0.942. The molecule has 0 N–H and O–H groups in total. The van der Waals surface area contributed by atoms with Crippen LogP contribution in [-0.4, -0.2) is 0 Å². The third-order valence-corrected chi connectivity index (χ3v) is 3.35.